The summed E-state index contributed by atoms with van der Waals surface area (Å²) in [6.07, 6.45) is 1.74. The van der Waals surface area contributed by atoms with Crippen LogP contribution in [0.2, 0.25) is 0 Å². The van der Waals surface area contributed by atoms with Crippen LogP contribution in [0.5, 0.6) is 0 Å². The number of esters is 1. The minimum Gasteiger partial charge on any atom is -0.461 e. The molecule has 0 unspecified atom stereocenters. The summed E-state index contributed by atoms with van der Waals surface area (Å²) in [5, 5.41) is 12.0. The Morgan fingerprint density at radius 3 is 2.77 bits per heavy atom. The van der Waals surface area contributed by atoms with Crippen LogP contribution in [0.3, 0.4) is 0 Å². The van der Waals surface area contributed by atoms with Crippen molar-refractivity contribution in [1.29, 1.82) is 0 Å². The zero-order chi connectivity index (χ0) is 15.5. The van der Waals surface area contributed by atoms with E-state index in [0.717, 1.165) is 17.2 Å². The lowest BCUT2D eigenvalue weighted by Crippen LogP contribution is -2.06. The van der Waals surface area contributed by atoms with Gasteiger partial charge in [0.25, 0.3) is 0 Å². The molecule has 0 saturated carbocycles. The summed E-state index contributed by atoms with van der Waals surface area (Å²) in [4.78, 5) is 12.4. The Hall–Kier alpha value is -2.61. The second-order valence-electron chi connectivity index (χ2n) is 4.56. The van der Waals surface area contributed by atoms with E-state index in [2.05, 4.69) is 19.9 Å². The van der Waals surface area contributed by atoms with Gasteiger partial charge in [-0.3, -0.25) is 0 Å². The van der Waals surface area contributed by atoms with Crippen LogP contribution in [0.4, 0.5) is 0 Å². The fourth-order valence-electron chi connectivity index (χ4n) is 1.88. The van der Waals surface area contributed by atoms with Crippen LogP contribution in [0.1, 0.15) is 23.0 Å². The average Bonchev–Trinajstić information content (AvgIpc) is 3.17. The lowest BCUT2D eigenvalue weighted by atomic mass is 10.2. The van der Waals surface area contributed by atoms with Crippen molar-refractivity contribution < 1.29 is 9.53 Å². The Bertz CT molecular complexity index is 794. The average molecular weight is 315 g/mol. The molecule has 1 aromatic carbocycles. The van der Waals surface area contributed by atoms with Gasteiger partial charge in [-0.15, -0.1) is 10.2 Å². The van der Waals surface area contributed by atoms with Crippen molar-refractivity contribution in [3.05, 3.63) is 41.7 Å². The number of aromatic nitrogens is 5. The minimum absolute atomic E-state index is 0.169. The zero-order valence-corrected chi connectivity index (χ0v) is 12.9. The maximum absolute atomic E-state index is 11.8. The van der Waals surface area contributed by atoms with Crippen LogP contribution >= 0.6 is 11.5 Å². The van der Waals surface area contributed by atoms with Gasteiger partial charge in [0.1, 0.15) is 10.6 Å². The van der Waals surface area contributed by atoms with Crippen LogP contribution in [-0.2, 0) is 4.74 Å². The smallest absolute Gasteiger partial charge is 0.360 e. The fourth-order valence-corrected chi connectivity index (χ4v) is 2.49. The molecule has 0 N–H and O–H groups in total. The molecular formula is C14H13N5O2S. The number of hydrogen-bond donors (Lipinski definition) is 0. The third-order valence-electron chi connectivity index (χ3n) is 2.98. The molecule has 0 aliphatic heterocycles. The van der Waals surface area contributed by atoms with Crippen molar-refractivity contribution in [1.82, 2.24) is 24.6 Å². The minimum atomic E-state index is -0.504. The molecule has 0 aliphatic rings. The molecule has 3 aromatic rings. The van der Waals surface area contributed by atoms with E-state index in [-0.39, 0.29) is 12.3 Å². The molecular weight excluding hydrogens is 302 g/mol. The molecule has 0 atom stereocenters. The maximum Gasteiger partial charge on any atom is 0.360 e. The van der Waals surface area contributed by atoms with Crippen molar-refractivity contribution in [2.45, 2.75) is 13.8 Å². The highest BCUT2D eigenvalue weighted by atomic mass is 32.1. The topological polar surface area (TPSA) is 82.8 Å². The van der Waals surface area contributed by atoms with Crippen LogP contribution in [0.25, 0.3) is 16.3 Å². The van der Waals surface area contributed by atoms with Crippen molar-refractivity contribution >= 4 is 17.5 Å². The summed E-state index contributed by atoms with van der Waals surface area (Å²) in [6, 6.07) is 7.89. The normalized spacial score (nSPS) is 10.6. The van der Waals surface area contributed by atoms with E-state index in [1.54, 1.807) is 17.8 Å². The molecule has 0 radical (unpaired) electrons. The molecule has 8 heteroatoms. The quantitative estimate of drug-likeness (QED) is 0.687. The van der Waals surface area contributed by atoms with Crippen molar-refractivity contribution in [3.63, 3.8) is 0 Å². The van der Waals surface area contributed by atoms with E-state index in [9.17, 15) is 4.79 Å². The van der Waals surface area contributed by atoms with E-state index in [1.165, 1.54) is 5.56 Å². The lowest BCUT2D eigenvalue weighted by Gasteiger charge is -2.00. The molecule has 0 bridgehead atoms. The van der Waals surface area contributed by atoms with E-state index >= 15 is 0 Å². The predicted molar refractivity (Wildman–Crippen MR) is 81.0 cm³/mol. The zero-order valence-electron chi connectivity index (χ0n) is 12.1. The van der Waals surface area contributed by atoms with Gasteiger partial charge >= 0.3 is 5.97 Å². The highest BCUT2D eigenvalue weighted by Gasteiger charge is 2.21. The van der Waals surface area contributed by atoms with Gasteiger partial charge in [0.2, 0.25) is 0 Å². The number of ether oxygens (including phenoxy) is 1. The number of carbonyl (C=O) groups is 1. The molecule has 112 valence electrons. The Morgan fingerprint density at radius 2 is 2.05 bits per heavy atom. The molecule has 3 rings (SSSR count). The molecule has 2 aromatic heterocycles. The number of carbonyl (C=O) groups excluding carboxylic acids is 1. The highest BCUT2D eigenvalue weighted by Crippen LogP contribution is 2.25. The van der Waals surface area contributed by atoms with Gasteiger partial charge in [-0.1, -0.05) is 27.4 Å². The summed E-state index contributed by atoms with van der Waals surface area (Å²) < 4.78 is 10.4. The largest absolute Gasteiger partial charge is 0.461 e. The summed E-state index contributed by atoms with van der Waals surface area (Å²) in [5.74, 6) is -0.504. The number of rotatable bonds is 4. The Balaban J connectivity index is 1.93. The Labute approximate surface area is 130 Å². The van der Waals surface area contributed by atoms with Crippen molar-refractivity contribution in [3.8, 4) is 16.3 Å². The SMILES string of the molecule is CCOC(=O)c1nnsc1-c1cn(-c2ccc(C)cc2)nn1. The first kappa shape index (κ1) is 14.3. The molecule has 7 nitrogen and oxygen atoms in total. The third-order valence-corrected chi connectivity index (χ3v) is 3.73. The van der Waals surface area contributed by atoms with Crippen LogP contribution < -0.4 is 0 Å². The first-order valence-corrected chi connectivity index (χ1v) is 7.45. The predicted octanol–water partition coefficient (Wildman–Crippen LogP) is 2.27. The standard InChI is InChI=1S/C14H13N5O2S/c1-3-21-14(20)12-13(22-18-16-12)11-8-19(17-15-11)10-6-4-9(2)5-7-10/h4-8H,3H2,1-2H3. The van der Waals surface area contributed by atoms with Gasteiger partial charge < -0.3 is 4.74 Å². The fraction of sp³-hybridized carbons (Fsp3) is 0.214. The molecule has 2 heterocycles. The highest BCUT2D eigenvalue weighted by molar-refractivity contribution is 7.09. The van der Waals surface area contributed by atoms with Crippen molar-refractivity contribution in [2.24, 2.45) is 0 Å². The van der Waals surface area contributed by atoms with Crippen LogP contribution in [0.15, 0.2) is 30.5 Å². The third kappa shape index (κ3) is 2.73. The number of hydrogen-bond acceptors (Lipinski definition) is 7. The summed E-state index contributed by atoms with van der Waals surface area (Å²) in [5.41, 5.74) is 2.77. The summed E-state index contributed by atoms with van der Waals surface area (Å²) >= 11 is 1.09. The number of nitrogens with zero attached hydrogens (tertiary/aromatic N) is 5. The molecule has 0 amide bonds. The van der Waals surface area contributed by atoms with Gasteiger partial charge in [-0.25, -0.2) is 9.48 Å². The summed E-state index contributed by atoms with van der Waals surface area (Å²) in [6.45, 7) is 4.04. The summed E-state index contributed by atoms with van der Waals surface area (Å²) in [7, 11) is 0. The number of benzene rings is 1. The van der Waals surface area contributed by atoms with Crippen LogP contribution in [-0.4, -0.2) is 37.2 Å². The molecule has 0 fully saturated rings. The monoisotopic (exact) mass is 315 g/mol. The van der Waals surface area contributed by atoms with Gasteiger partial charge in [0, 0.05) is 0 Å². The lowest BCUT2D eigenvalue weighted by molar-refractivity contribution is 0.0520. The second-order valence-corrected chi connectivity index (χ2v) is 5.31. The van der Waals surface area contributed by atoms with E-state index in [4.69, 9.17) is 4.74 Å². The first-order valence-electron chi connectivity index (χ1n) is 6.68. The van der Waals surface area contributed by atoms with Gasteiger partial charge in [0.05, 0.1) is 18.5 Å². The van der Waals surface area contributed by atoms with E-state index in [1.807, 2.05) is 31.2 Å². The molecule has 22 heavy (non-hydrogen) atoms. The molecule has 0 saturated heterocycles. The van der Waals surface area contributed by atoms with E-state index in [0.29, 0.717) is 10.6 Å². The second kappa shape index (κ2) is 6.02. The van der Waals surface area contributed by atoms with Gasteiger partial charge in [0.15, 0.2) is 5.69 Å². The Kier molecular flexibility index (Phi) is 3.92. The number of aryl methyl sites for hydroxylation is 1. The molecule has 0 spiro atoms. The van der Waals surface area contributed by atoms with Gasteiger partial charge in [-0.2, -0.15) is 0 Å². The van der Waals surface area contributed by atoms with E-state index < -0.39 is 5.97 Å². The first-order chi connectivity index (χ1) is 10.7. The maximum atomic E-state index is 11.8. The van der Waals surface area contributed by atoms with Crippen LogP contribution in [0, 0.1) is 6.92 Å². The molecule has 0 aliphatic carbocycles. The van der Waals surface area contributed by atoms with Gasteiger partial charge in [-0.05, 0) is 37.5 Å². The van der Waals surface area contributed by atoms with Crippen molar-refractivity contribution in [2.75, 3.05) is 6.61 Å². The Morgan fingerprint density at radius 1 is 1.27 bits per heavy atom.